The number of hydrogen-bond acceptors (Lipinski definition) is 6. The molecule has 0 unspecified atom stereocenters. The Kier molecular flexibility index (Phi) is 11.4. The van der Waals surface area contributed by atoms with E-state index in [0.29, 0.717) is 11.1 Å². The van der Waals surface area contributed by atoms with Gasteiger partial charge >= 0.3 is 44.3 Å². The zero-order valence-corrected chi connectivity index (χ0v) is 14.9. The number of ether oxygens (including phenoxy) is 2. The van der Waals surface area contributed by atoms with Gasteiger partial charge in [0.15, 0.2) is 0 Å². The summed E-state index contributed by atoms with van der Waals surface area (Å²) >= 11 is 0. The first-order valence-corrected chi connectivity index (χ1v) is 6.72. The van der Waals surface area contributed by atoms with Crippen molar-refractivity contribution in [3.8, 4) is 0 Å². The fraction of sp³-hybridized carbons (Fsp3) is 0.111. The molecule has 0 radical (unpaired) electrons. The van der Waals surface area contributed by atoms with Crippen molar-refractivity contribution in [3.63, 3.8) is 0 Å². The molecule has 0 spiro atoms. The molecule has 146 valence electrons. The number of hydrogen-bond donors (Lipinski definition) is 1. The van der Waals surface area contributed by atoms with Crippen molar-refractivity contribution < 1.29 is 59.7 Å². The van der Waals surface area contributed by atoms with Gasteiger partial charge in [-0.15, -0.1) is 0 Å². The van der Waals surface area contributed by atoms with Crippen LogP contribution in [-0.4, -0.2) is 41.6 Å². The monoisotopic (exact) mass is 468 g/mol. The van der Waals surface area contributed by atoms with Crippen molar-refractivity contribution in [2.45, 2.75) is 7.43 Å². The zero-order chi connectivity index (χ0) is 17.7. The number of rotatable bonds is 2. The standard InChI is InChI=1S/C9H8O4.C8H4O3.CH4.H2O.Pd/c1-13-9(12)7-5-3-2-4-6(7)8(10)11;9-7-5-3-1-2-4-6(5)8(10)11-7;;;/h2-5H,1H3,(H,10,11);1-4H;1H4;1H2;/q;;;;+2. The Labute approximate surface area is 169 Å². The van der Waals surface area contributed by atoms with E-state index in [2.05, 4.69) is 9.47 Å². The van der Waals surface area contributed by atoms with Crippen LogP contribution in [-0.2, 0) is 29.9 Å². The average molecular weight is 469 g/mol. The van der Waals surface area contributed by atoms with Gasteiger partial charge in [-0.25, -0.2) is 19.2 Å². The number of carbonyl (C=O) groups excluding carboxylic acids is 3. The second-order valence-electron chi connectivity index (χ2n) is 4.56. The fourth-order valence-corrected chi connectivity index (χ4v) is 1.99. The first-order chi connectivity index (χ1) is 11.5. The minimum Gasteiger partial charge on any atom is -0.478 e. The van der Waals surface area contributed by atoms with Crippen molar-refractivity contribution >= 4 is 23.9 Å². The van der Waals surface area contributed by atoms with Crippen LogP contribution in [0.25, 0.3) is 0 Å². The molecule has 9 heteroatoms. The molecule has 3 rings (SSSR count). The first-order valence-electron chi connectivity index (χ1n) is 6.72. The quantitative estimate of drug-likeness (QED) is 0.404. The minimum atomic E-state index is -1.14. The third-order valence-corrected chi connectivity index (χ3v) is 3.12. The summed E-state index contributed by atoms with van der Waals surface area (Å²) in [5.41, 5.74) is 0.738. The number of carboxylic acid groups (broad SMARTS) is 1. The van der Waals surface area contributed by atoms with Gasteiger partial charge in [-0.2, -0.15) is 0 Å². The number of carboxylic acids is 1. The average Bonchev–Trinajstić information content (AvgIpc) is 2.89. The number of aromatic carboxylic acids is 1. The largest absolute Gasteiger partial charge is 2.00 e. The van der Waals surface area contributed by atoms with E-state index < -0.39 is 23.9 Å². The molecule has 2 aromatic rings. The zero-order valence-electron chi connectivity index (χ0n) is 13.3. The maximum atomic E-state index is 11.1. The van der Waals surface area contributed by atoms with Gasteiger partial charge in [-0.05, 0) is 24.3 Å². The van der Waals surface area contributed by atoms with Crippen LogP contribution in [0.3, 0.4) is 0 Å². The molecular formula is C18H18O8Pd+2. The molecular weight excluding hydrogens is 451 g/mol. The van der Waals surface area contributed by atoms with Crippen LogP contribution >= 0.6 is 0 Å². The number of cyclic esters (lactones) is 2. The summed E-state index contributed by atoms with van der Waals surface area (Å²) in [7, 11) is 1.21. The van der Waals surface area contributed by atoms with Gasteiger partial charge in [0.1, 0.15) is 0 Å². The Bertz CT molecular complexity index is 799. The molecule has 1 aliphatic rings. The van der Waals surface area contributed by atoms with E-state index >= 15 is 0 Å². The molecule has 8 nitrogen and oxygen atoms in total. The Hall–Kier alpha value is -2.86. The molecule has 3 N–H and O–H groups in total. The van der Waals surface area contributed by atoms with Gasteiger partial charge in [-0.1, -0.05) is 31.7 Å². The molecule has 0 amide bonds. The number of fused-ring (bicyclic) bond motifs is 1. The van der Waals surface area contributed by atoms with Gasteiger partial charge < -0.3 is 20.1 Å². The molecule has 0 fully saturated rings. The van der Waals surface area contributed by atoms with Crippen LogP contribution in [0, 0.1) is 0 Å². The molecule has 2 aromatic carbocycles. The van der Waals surface area contributed by atoms with E-state index in [1.165, 1.54) is 19.2 Å². The summed E-state index contributed by atoms with van der Waals surface area (Å²) < 4.78 is 8.78. The Morgan fingerprint density at radius 3 is 1.70 bits per heavy atom. The maximum Gasteiger partial charge on any atom is 2.00 e. The van der Waals surface area contributed by atoms with Crippen LogP contribution in [0.1, 0.15) is 48.9 Å². The van der Waals surface area contributed by atoms with Crippen molar-refractivity contribution in [3.05, 3.63) is 70.8 Å². The molecule has 1 aliphatic heterocycles. The second-order valence-corrected chi connectivity index (χ2v) is 4.56. The van der Waals surface area contributed by atoms with Crippen LogP contribution in [0.15, 0.2) is 48.5 Å². The second kappa shape index (κ2) is 11.7. The van der Waals surface area contributed by atoms with E-state index in [1.54, 1.807) is 36.4 Å². The van der Waals surface area contributed by atoms with Crippen molar-refractivity contribution in [1.82, 2.24) is 0 Å². The third-order valence-electron chi connectivity index (χ3n) is 3.12. The molecule has 0 aliphatic carbocycles. The Balaban J connectivity index is 0. The van der Waals surface area contributed by atoms with Gasteiger partial charge in [0, 0.05) is 0 Å². The topological polar surface area (TPSA) is 138 Å². The van der Waals surface area contributed by atoms with Crippen LogP contribution < -0.4 is 0 Å². The van der Waals surface area contributed by atoms with E-state index in [9.17, 15) is 19.2 Å². The van der Waals surface area contributed by atoms with Gasteiger partial charge in [0.05, 0.1) is 29.4 Å². The third kappa shape index (κ3) is 6.11. The summed E-state index contributed by atoms with van der Waals surface area (Å²) in [5, 5.41) is 8.70. The summed E-state index contributed by atoms with van der Waals surface area (Å²) in [6.07, 6.45) is 0. The van der Waals surface area contributed by atoms with E-state index in [0.717, 1.165) is 0 Å². The summed E-state index contributed by atoms with van der Waals surface area (Å²) in [6.45, 7) is 0. The minimum absolute atomic E-state index is 0. The molecule has 27 heavy (non-hydrogen) atoms. The number of benzene rings is 2. The van der Waals surface area contributed by atoms with Crippen LogP contribution in [0.5, 0.6) is 0 Å². The SMILES string of the molecule is C.COC(=O)c1ccccc1C(=O)O.O.O=C1OC(=O)c2ccccc21.[Pd+2]. The molecule has 1 heterocycles. The molecule has 0 aromatic heterocycles. The van der Waals surface area contributed by atoms with Crippen LogP contribution in [0.2, 0.25) is 0 Å². The van der Waals surface area contributed by atoms with E-state index in [1.807, 2.05) is 0 Å². The number of esters is 3. The summed E-state index contributed by atoms with van der Waals surface area (Å²) in [4.78, 5) is 43.4. The first kappa shape index (κ1) is 26.4. The van der Waals surface area contributed by atoms with E-state index in [4.69, 9.17) is 5.11 Å². The molecule has 0 atom stereocenters. The summed E-state index contributed by atoms with van der Waals surface area (Å²) in [6, 6.07) is 12.4. The normalized spacial score (nSPS) is 10.4. The predicted octanol–water partition coefficient (Wildman–Crippen LogP) is 1.98. The van der Waals surface area contributed by atoms with Gasteiger partial charge in [0.2, 0.25) is 0 Å². The molecule has 0 saturated heterocycles. The smallest absolute Gasteiger partial charge is 0.478 e. The number of carbonyl (C=O) groups is 4. The number of methoxy groups -OCH3 is 1. The van der Waals surface area contributed by atoms with Gasteiger partial charge in [-0.3, -0.25) is 0 Å². The Morgan fingerprint density at radius 1 is 0.889 bits per heavy atom. The predicted molar refractivity (Wildman–Crippen MR) is 91.3 cm³/mol. The molecule has 0 bridgehead atoms. The molecule has 0 saturated carbocycles. The fourth-order valence-electron chi connectivity index (χ4n) is 1.99. The van der Waals surface area contributed by atoms with Crippen molar-refractivity contribution in [2.24, 2.45) is 0 Å². The summed E-state index contributed by atoms with van der Waals surface area (Å²) in [5.74, 6) is -2.88. The van der Waals surface area contributed by atoms with Gasteiger partial charge in [0.25, 0.3) is 0 Å². The Morgan fingerprint density at radius 2 is 1.30 bits per heavy atom. The van der Waals surface area contributed by atoms with E-state index in [-0.39, 0.29) is 44.5 Å². The van der Waals surface area contributed by atoms with Crippen molar-refractivity contribution in [2.75, 3.05) is 7.11 Å². The van der Waals surface area contributed by atoms with Crippen LogP contribution in [0.4, 0.5) is 0 Å². The maximum absolute atomic E-state index is 11.1. The van der Waals surface area contributed by atoms with Crippen molar-refractivity contribution in [1.29, 1.82) is 0 Å².